The quantitative estimate of drug-likeness (QED) is 0.846. The molecule has 0 bridgehead atoms. The molecule has 0 unspecified atom stereocenters. The summed E-state index contributed by atoms with van der Waals surface area (Å²) in [6.07, 6.45) is 2.19. The molecule has 0 spiro atoms. The van der Waals surface area contributed by atoms with Gasteiger partial charge in [-0.05, 0) is 38.5 Å². The molecule has 0 fully saturated rings. The van der Waals surface area contributed by atoms with E-state index in [1.165, 1.54) is 4.31 Å². The van der Waals surface area contributed by atoms with E-state index in [9.17, 15) is 13.2 Å². The van der Waals surface area contributed by atoms with Crippen LogP contribution in [0.5, 0.6) is 0 Å². The maximum Gasteiger partial charge on any atom is 0.246 e. The lowest BCUT2D eigenvalue weighted by molar-refractivity contribution is -0.116. The van der Waals surface area contributed by atoms with E-state index in [1.54, 1.807) is 23.9 Å². The van der Waals surface area contributed by atoms with E-state index in [0.29, 0.717) is 25.2 Å². The first-order valence-corrected chi connectivity index (χ1v) is 10.2. The second-order valence-corrected chi connectivity index (χ2v) is 8.70. The number of carbonyl (C=O) groups excluding carboxylic acids is 1. The normalized spacial score (nSPS) is 14.9. The van der Waals surface area contributed by atoms with Crippen LogP contribution >= 0.6 is 0 Å². The first-order chi connectivity index (χ1) is 12.3. The van der Waals surface area contributed by atoms with Crippen molar-refractivity contribution >= 4 is 21.6 Å². The van der Waals surface area contributed by atoms with Gasteiger partial charge in [-0.25, -0.2) is 8.42 Å². The number of hydrogen-bond acceptors (Lipinski definition) is 5. The molecular formula is C17H23N5O3S. The van der Waals surface area contributed by atoms with Crippen LogP contribution in [-0.4, -0.2) is 45.7 Å². The van der Waals surface area contributed by atoms with Gasteiger partial charge in [0, 0.05) is 30.9 Å². The van der Waals surface area contributed by atoms with Crippen LogP contribution in [0.2, 0.25) is 0 Å². The van der Waals surface area contributed by atoms with Gasteiger partial charge in [0.05, 0.1) is 23.3 Å². The molecule has 1 amide bonds. The molecule has 0 aliphatic carbocycles. The predicted molar refractivity (Wildman–Crippen MR) is 98.1 cm³/mol. The lowest BCUT2D eigenvalue weighted by atomic mass is 10.1. The van der Waals surface area contributed by atoms with Gasteiger partial charge in [-0.15, -0.1) is 0 Å². The number of nitrogens with zero attached hydrogens (tertiary/aromatic N) is 4. The number of pyridine rings is 1. The summed E-state index contributed by atoms with van der Waals surface area (Å²) in [5.74, 6) is -0.124. The summed E-state index contributed by atoms with van der Waals surface area (Å²) in [7, 11) is -3.24. The molecule has 0 radical (unpaired) electrons. The van der Waals surface area contributed by atoms with Crippen LogP contribution in [0.25, 0.3) is 0 Å². The zero-order valence-electron chi connectivity index (χ0n) is 15.2. The molecule has 2 aromatic heterocycles. The van der Waals surface area contributed by atoms with Crippen molar-refractivity contribution in [3.05, 3.63) is 41.0 Å². The molecule has 1 N–H and O–H groups in total. The second kappa shape index (κ2) is 7.16. The van der Waals surface area contributed by atoms with Gasteiger partial charge in [-0.1, -0.05) is 0 Å². The molecule has 0 aromatic carbocycles. The number of nitrogens with one attached hydrogen (secondary N) is 1. The topological polar surface area (TPSA) is 97.2 Å². The minimum atomic E-state index is -3.24. The van der Waals surface area contributed by atoms with E-state index in [0.717, 1.165) is 22.6 Å². The molecule has 1 aliphatic rings. The fraction of sp³-hybridized carbons (Fsp3) is 0.471. The fourth-order valence-corrected chi connectivity index (χ4v) is 4.13. The van der Waals surface area contributed by atoms with Gasteiger partial charge in [-0.2, -0.15) is 9.40 Å². The Balaban J connectivity index is 1.72. The van der Waals surface area contributed by atoms with Crippen molar-refractivity contribution in [2.24, 2.45) is 0 Å². The van der Waals surface area contributed by atoms with E-state index >= 15 is 0 Å². The lowest BCUT2D eigenvalue weighted by Crippen LogP contribution is -2.37. The molecule has 140 valence electrons. The van der Waals surface area contributed by atoms with E-state index in [-0.39, 0.29) is 18.2 Å². The molecule has 0 saturated heterocycles. The van der Waals surface area contributed by atoms with Gasteiger partial charge in [0.2, 0.25) is 15.9 Å². The highest BCUT2D eigenvalue weighted by molar-refractivity contribution is 7.89. The van der Waals surface area contributed by atoms with Crippen molar-refractivity contribution < 1.29 is 13.2 Å². The Kier molecular flexibility index (Phi) is 5.10. The van der Waals surface area contributed by atoms with Crippen LogP contribution in [0.15, 0.2) is 18.3 Å². The summed E-state index contributed by atoms with van der Waals surface area (Å²) in [5, 5.41) is 7.09. The zero-order chi connectivity index (χ0) is 18.9. The van der Waals surface area contributed by atoms with E-state index in [1.807, 2.05) is 19.9 Å². The number of anilines is 1. The smallest absolute Gasteiger partial charge is 0.246 e. The third-order valence-electron chi connectivity index (χ3n) is 4.44. The van der Waals surface area contributed by atoms with E-state index in [2.05, 4.69) is 15.4 Å². The Morgan fingerprint density at radius 3 is 2.73 bits per heavy atom. The molecule has 26 heavy (non-hydrogen) atoms. The average molecular weight is 377 g/mol. The number of carbonyl (C=O) groups is 1. The van der Waals surface area contributed by atoms with Gasteiger partial charge >= 0.3 is 0 Å². The molecule has 1 aliphatic heterocycles. The van der Waals surface area contributed by atoms with Crippen LogP contribution in [0.4, 0.5) is 5.69 Å². The first kappa shape index (κ1) is 18.5. The summed E-state index contributed by atoms with van der Waals surface area (Å²) >= 11 is 0. The number of amides is 1. The fourth-order valence-electron chi connectivity index (χ4n) is 3.06. The first-order valence-electron chi connectivity index (χ1n) is 8.55. The number of rotatable bonds is 5. The van der Waals surface area contributed by atoms with Gasteiger partial charge in [0.15, 0.2) is 0 Å². The highest BCUT2D eigenvalue weighted by Crippen LogP contribution is 2.22. The molecule has 2 aromatic rings. The van der Waals surface area contributed by atoms with Gasteiger partial charge in [0.25, 0.3) is 0 Å². The maximum absolute atomic E-state index is 12.3. The van der Waals surface area contributed by atoms with Crippen LogP contribution in [0.1, 0.15) is 29.6 Å². The van der Waals surface area contributed by atoms with Crippen molar-refractivity contribution in [1.82, 2.24) is 19.1 Å². The summed E-state index contributed by atoms with van der Waals surface area (Å²) in [6, 6.07) is 3.72. The Morgan fingerprint density at radius 1 is 1.31 bits per heavy atom. The monoisotopic (exact) mass is 377 g/mol. The summed E-state index contributed by atoms with van der Waals surface area (Å²) in [6.45, 7) is 6.27. The zero-order valence-corrected chi connectivity index (χ0v) is 16.0. The Labute approximate surface area is 153 Å². The Bertz CT molecular complexity index is 936. The largest absolute Gasteiger partial charge is 0.323 e. The van der Waals surface area contributed by atoms with Gasteiger partial charge in [0.1, 0.15) is 6.54 Å². The lowest BCUT2D eigenvalue weighted by Gasteiger charge is -2.27. The second-order valence-electron chi connectivity index (χ2n) is 6.45. The molecule has 0 saturated carbocycles. The van der Waals surface area contributed by atoms with E-state index < -0.39 is 10.0 Å². The van der Waals surface area contributed by atoms with Gasteiger partial charge in [-0.3, -0.25) is 14.5 Å². The number of aromatic nitrogens is 3. The Hall–Kier alpha value is -2.26. The molecule has 8 nitrogen and oxygen atoms in total. The van der Waals surface area contributed by atoms with Crippen LogP contribution in [0.3, 0.4) is 0 Å². The Morgan fingerprint density at radius 2 is 2.08 bits per heavy atom. The molecule has 3 heterocycles. The SMILES string of the molecule is CCS(=O)(=O)N1CCc2ncc(NC(=O)Cn3nc(C)cc3C)cc2C1. The van der Waals surface area contributed by atoms with Crippen LogP contribution < -0.4 is 5.32 Å². The summed E-state index contributed by atoms with van der Waals surface area (Å²) in [5.41, 5.74) is 4.05. The number of aryl methyl sites for hydroxylation is 2. The number of fused-ring (bicyclic) bond motifs is 1. The minimum Gasteiger partial charge on any atom is -0.323 e. The third-order valence-corrected chi connectivity index (χ3v) is 6.27. The molecular weight excluding hydrogens is 354 g/mol. The predicted octanol–water partition coefficient (Wildman–Crippen LogP) is 1.24. The van der Waals surface area contributed by atoms with Crippen molar-refractivity contribution in [2.45, 2.75) is 40.3 Å². The summed E-state index contributed by atoms with van der Waals surface area (Å²) < 4.78 is 27.3. The van der Waals surface area contributed by atoms with E-state index in [4.69, 9.17) is 0 Å². The van der Waals surface area contributed by atoms with Gasteiger partial charge < -0.3 is 5.32 Å². The minimum absolute atomic E-state index is 0.0782. The van der Waals surface area contributed by atoms with Crippen molar-refractivity contribution in [1.29, 1.82) is 0 Å². The van der Waals surface area contributed by atoms with Crippen molar-refractivity contribution in [2.75, 3.05) is 17.6 Å². The summed E-state index contributed by atoms with van der Waals surface area (Å²) in [4.78, 5) is 16.7. The third kappa shape index (κ3) is 3.94. The van der Waals surface area contributed by atoms with Crippen LogP contribution in [0, 0.1) is 13.8 Å². The highest BCUT2D eigenvalue weighted by Gasteiger charge is 2.26. The van der Waals surface area contributed by atoms with Crippen molar-refractivity contribution in [3.8, 4) is 0 Å². The number of hydrogen-bond donors (Lipinski definition) is 1. The number of sulfonamides is 1. The molecule has 0 atom stereocenters. The molecule has 9 heteroatoms. The standard InChI is InChI=1S/C17H23N5O3S/c1-4-26(24,25)21-6-5-16-14(10-21)8-15(9-18-16)19-17(23)11-22-13(3)7-12(2)20-22/h7-9H,4-6,10-11H2,1-3H3,(H,19,23). The highest BCUT2D eigenvalue weighted by atomic mass is 32.2. The molecule has 3 rings (SSSR count). The maximum atomic E-state index is 12.3. The average Bonchev–Trinajstić information content (AvgIpc) is 2.91. The van der Waals surface area contributed by atoms with Crippen LogP contribution in [-0.2, 0) is 34.3 Å². The van der Waals surface area contributed by atoms with Crippen molar-refractivity contribution in [3.63, 3.8) is 0 Å².